The number of rotatable bonds is 4. The van der Waals surface area contributed by atoms with E-state index in [-0.39, 0.29) is 0 Å². The molecule has 0 saturated heterocycles. The summed E-state index contributed by atoms with van der Waals surface area (Å²) in [6.45, 7) is 3.91. The minimum absolute atomic E-state index is 0.330. The molecule has 0 amide bonds. The first-order valence-electron chi connectivity index (χ1n) is 7.19. The van der Waals surface area contributed by atoms with E-state index in [4.69, 9.17) is 4.52 Å². The third-order valence-corrected chi connectivity index (χ3v) is 6.50. The van der Waals surface area contributed by atoms with Gasteiger partial charge in [-0.3, -0.25) is 4.57 Å². The number of para-hydroxylation sites is 1. The molecule has 0 aliphatic rings. The molecular formula is C17H18NO3P. The molecule has 3 rings (SSSR count). The smallest absolute Gasteiger partial charge is 0.263 e. The van der Waals surface area contributed by atoms with Gasteiger partial charge in [0.05, 0.1) is 23.1 Å². The maximum atomic E-state index is 13.7. The van der Waals surface area contributed by atoms with Gasteiger partial charge >= 0.3 is 0 Å². The zero-order chi connectivity index (χ0) is 15.7. The van der Waals surface area contributed by atoms with E-state index in [1.807, 2.05) is 43.3 Å². The van der Waals surface area contributed by atoms with Crippen LogP contribution in [0.25, 0.3) is 10.9 Å². The fourth-order valence-corrected chi connectivity index (χ4v) is 5.27. The van der Waals surface area contributed by atoms with E-state index in [9.17, 15) is 9.77 Å². The van der Waals surface area contributed by atoms with E-state index in [1.54, 1.807) is 25.1 Å². The van der Waals surface area contributed by atoms with E-state index in [1.165, 1.54) is 0 Å². The molecule has 1 N–H and O–H groups in total. The maximum Gasteiger partial charge on any atom is 0.263 e. The van der Waals surface area contributed by atoms with Crippen molar-refractivity contribution >= 4 is 28.9 Å². The predicted octanol–water partition coefficient (Wildman–Crippen LogP) is 3.45. The van der Waals surface area contributed by atoms with Crippen LogP contribution in [0.3, 0.4) is 0 Å². The van der Waals surface area contributed by atoms with Crippen molar-refractivity contribution in [3.8, 4) is 0 Å². The van der Waals surface area contributed by atoms with Crippen LogP contribution in [0.1, 0.15) is 12.6 Å². The third-order valence-electron chi connectivity index (χ3n) is 3.75. The Hall–Kier alpha value is -2.03. The highest BCUT2D eigenvalue weighted by molar-refractivity contribution is 7.75. The van der Waals surface area contributed by atoms with Crippen LogP contribution < -0.4 is 10.6 Å². The molecule has 22 heavy (non-hydrogen) atoms. The summed E-state index contributed by atoms with van der Waals surface area (Å²) in [5, 5.41) is 12.3. The number of hydrogen-bond donors (Lipinski definition) is 1. The Labute approximate surface area is 129 Å². The molecule has 5 heteroatoms. The van der Waals surface area contributed by atoms with Crippen LogP contribution >= 0.6 is 7.37 Å². The number of aromatic nitrogens is 1. The Morgan fingerprint density at radius 1 is 1.09 bits per heavy atom. The first-order chi connectivity index (χ1) is 10.6. The quantitative estimate of drug-likeness (QED) is 0.592. The first kappa shape index (κ1) is 14.9. The lowest BCUT2D eigenvalue weighted by atomic mass is 10.2. The van der Waals surface area contributed by atoms with Gasteiger partial charge in [0, 0.05) is 10.7 Å². The molecule has 0 aliphatic heterocycles. The normalized spacial score (nSPS) is 14.1. The lowest BCUT2D eigenvalue weighted by molar-refractivity contribution is 0.194. The number of benzene rings is 2. The van der Waals surface area contributed by atoms with Gasteiger partial charge in [-0.1, -0.05) is 36.4 Å². The highest BCUT2D eigenvalue weighted by atomic mass is 31.2. The summed E-state index contributed by atoms with van der Waals surface area (Å²) in [5.74, 6) is 0. The van der Waals surface area contributed by atoms with Crippen molar-refractivity contribution in [3.05, 3.63) is 60.3 Å². The molecule has 0 saturated carbocycles. The summed E-state index contributed by atoms with van der Waals surface area (Å²) in [6.07, 6.45) is 0. The minimum atomic E-state index is -3.27. The molecule has 1 heterocycles. The molecule has 0 radical (unpaired) electrons. The molecule has 0 spiro atoms. The standard InChI is InChI=1S/C17H18NO3P/c1-3-21-22(20,14-9-5-4-6-10-14)17-13(2)18(19)16-12-8-7-11-15(16)17/h4-12,19H,3H2,1-2H3. The molecule has 3 aromatic rings. The van der Waals surface area contributed by atoms with Gasteiger partial charge in [0.2, 0.25) is 0 Å². The summed E-state index contributed by atoms with van der Waals surface area (Å²) in [6, 6.07) is 16.5. The van der Waals surface area contributed by atoms with Crippen molar-refractivity contribution in [2.24, 2.45) is 0 Å². The molecule has 0 bridgehead atoms. The van der Waals surface area contributed by atoms with Crippen molar-refractivity contribution < 1.29 is 14.3 Å². The Balaban J connectivity index is 2.36. The third kappa shape index (κ3) is 2.16. The minimum Gasteiger partial charge on any atom is -0.428 e. The summed E-state index contributed by atoms with van der Waals surface area (Å²) >= 11 is 0. The van der Waals surface area contributed by atoms with Gasteiger partial charge in [-0.2, -0.15) is 4.73 Å². The molecule has 2 aromatic carbocycles. The summed E-state index contributed by atoms with van der Waals surface area (Å²) in [7, 11) is -3.27. The molecule has 1 aromatic heterocycles. The number of fused-ring (bicyclic) bond motifs is 1. The van der Waals surface area contributed by atoms with Gasteiger partial charge in [-0.25, -0.2) is 0 Å². The SMILES string of the molecule is CCOP(=O)(c1ccccc1)c1c(C)n(O)c2ccccc12. The monoisotopic (exact) mass is 315 g/mol. The fraction of sp³-hybridized carbons (Fsp3) is 0.176. The summed E-state index contributed by atoms with van der Waals surface area (Å²) in [5.41, 5.74) is 1.17. The van der Waals surface area contributed by atoms with Gasteiger partial charge in [0.25, 0.3) is 7.37 Å². The topological polar surface area (TPSA) is 51.5 Å². The lowest BCUT2D eigenvalue weighted by Crippen LogP contribution is -2.20. The maximum absolute atomic E-state index is 13.7. The second-order valence-corrected chi connectivity index (χ2v) is 7.39. The lowest BCUT2D eigenvalue weighted by Gasteiger charge is -2.19. The van der Waals surface area contributed by atoms with Crippen LogP contribution in [0, 0.1) is 6.92 Å². The fourth-order valence-electron chi connectivity index (χ4n) is 2.78. The van der Waals surface area contributed by atoms with E-state index >= 15 is 0 Å². The Morgan fingerprint density at radius 2 is 1.73 bits per heavy atom. The predicted molar refractivity (Wildman–Crippen MR) is 88.8 cm³/mol. The second-order valence-electron chi connectivity index (χ2n) is 5.07. The van der Waals surface area contributed by atoms with Crippen molar-refractivity contribution in [1.82, 2.24) is 4.73 Å². The van der Waals surface area contributed by atoms with Crippen LogP contribution in [0.4, 0.5) is 0 Å². The summed E-state index contributed by atoms with van der Waals surface area (Å²) in [4.78, 5) is 0. The molecular weight excluding hydrogens is 297 g/mol. The molecule has 0 aliphatic carbocycles. The van der Waals surface area contributed by atoms with Gasteiger partial charge in [-0.15, -0.1) is 0 Å². The Kier molecular flexibility index (Phi) is 3.81. The van der Waals surface area contributed by atoms with Gasteiger partial charge < -0.3 is 9.73 Å². The Bertz CT molecular complexity index is 855. The van der Waals surface area contributed by atoms with Gasteiger partial charge in [-0.05, 0) is 32.0 Å². The number of nitrogens with zero attached hydrogens (tertiary/aromatic N) is 1. The molecule has 1 unspecified atom stereocenters. The highest BCUT2D eigenvalue weighted by Crippen LogP contribution is 2.47. The van der Waals surface area contributed by atoms with E-state index in [0.717, 1.165) is 10.1 Å². The Morgan fingerprint density at radius 3 is 2.41 bits per heavy atom. The zero-order valence-corrected chi connectivity index (χ0v) is 13.5. The molecule has 114 valence electrons. The van der Waals surface area contributed by atoms with Crippen LogP contribution in [-0.4, -0.2) is 16.5 Å². The van der Waals surface area contributed by atoms with E-state index in [0.29, 0.717) is 28.4 Å². The van der Waals surface area contributed by atoms with Crippen molar-refractivity contribution in [2.75, 3.05) is 6.61 Å². The largest absolute Gasteiger partial charge is 0.428 e. The first-order valence-corrected chi connectivity index (χ1v) is 8.82. The molecule has 1 atom stereocenters. The highest BCUT2D eigenvalue weighted by Gasteiger charge is 2.34. The number of hydrogen-bond acceptors (Lipinski definition) is 3. The van der Waals surface area contributed by atoms with Crippen molar-refractivity contribution in [3.63, 3.8) is 0 Å². The van der Waals surface area contributed by atoms with Crippen molar-refractivity contribution in [2.45, 2.75) is 13.8 Å². The summed E-state index contributed by atoms with van der Waals surface area (Å²) < 4.78 is 20.5. The second kappa shape index (κ2) is 5.64. The zero-order valence-electron chi connectivity index (χ0n) is 12.6. The average molecular weight is 315 g/mol. The van der Waals surface area contributed by atoms with Crippen LogP contribution in [0.5, 0.6) is 0 Å². The van der Waals surface area contributed by atoms with Crippen molar-refractivity contribution in [1.29, 1.82) is 0 Å². The van der Waals surface area contributed by atoms with Crippen LogP contribution in [0.15, 0.2) is 54.6 Å². The van der Waals surface area contributed by atoms with Gasteiger partial charge in [0.1, 0.15) is 0 Å². The van der Waals surface area contributed by atoms with Crippen LogP contribution in [0.2, 0.25) is 0 Å². The van der Waals surface area contributed by atoms with E-state index in [2.05, 4.69) is 0 Å². The average Bonchev–Trinajstić information content (AvgIpc) is 2.81. The van der Waals surface area contributed by atoms with Gasteiger partial charge in [0.15, 0.2) is 0 Å². The van der Waals surface area contributed by atoms with E-state index < -0.39 is 7.37 Å². The molecule has 0 fully saturated rings. The van der Waals surface area contributed by atoms with Crippen LogP contribution in [-0.2, 0) is 9.09 Å². The molecule has 4 nitrogen and oxygen atoms in total.